The summed E-state index contributed by atoms with van der Waals surface area (Å²) in [4.78, 5) is 14.5. The summed E-state index contributed by atoms with van der Waals surface area (Å²) in [5.41, 5.74) is 0. The van der Waals surface area contributed by atoms with Gasteiger partial charge in [-0.3, -0.25) is 4.79 Å². The van der Waals surface area contributed by atoms with Crippen molar-refractivity contribution >= 4 is 15.7 Å². The van der Waals surface area contributed by atoms with E-state index >= 15 is 0 Å². The molecular weight excluding hydrogens is 298 g/mol. The van der Waals surface area contributed by atoms with Crippen LogP contribution in [0, 0.1) is 5.92 Å². The number of sulfone groups is 1. The monoisotopic (exact) mass is 329 g/mol. The molecule has 2 aliphatic rings. The Morgan fingerprint density at radius 3 is 2.23 bits per heavy atom. The predicted octanol–water partition coefficient (Wildman–Crippen LogP) is 3.16. The maximum atomic E-state index is 12.6. The average molecular weight is 330 g/mol. The van der Waals surface area contributed by atoms with Gasteiger partial charge in [0.1, 0.15) is 0 Å². The molecule has 5 heteroatoms. The van der Waals surface area contributed by atoms with E-state index in [-0.39, 0.29) is 11.7 Å². The zero-order chi connectivity index (χ0) is 16.2. The van der Waals surface area contributed by atoms with Crippen molar-refractivity contribution in [2.75, 3.05) is 18.8 Å². The lowest BCUT2D eigenvalue weighted by atomic mass is 9.95. The van der Waals surface area contributed by atoms with Crippen LogP contribution < -0.4 is 0 Å². The van der Waals surface area contributed by atoms with E-state index in [2.05, 4.69) is 0 Å². The summed E-state index contributed by atoms with van der Waals surface area (Å²) in [6, 6.07) is 0. The van der Waals surface area contributed by atoms with E-state index < -0.39 is 14.6 Å². The Kier molecular flexibility index (Phi) is 5.92. The van der Waals surface area contributed by atoms with Crippen LogP contribution in [0.15, 0.2) is 0 Å². The molecule has 0 bridgehead atoms. The number of nitrogens with zero attached hydrogens (tertiary/aromatic N) is 1. The fourth-order valence-electron chi connectivity index (χ4n) is 4.04. The van der Waals surface area contributed by atoms with Crippen molar-refractivity contribution < 1.29 is 13.2 Å². The minimum Gasteiger partial charge on any atom is -0.340 e. The molecular formula is C17H31NO3S. The summed E-state index contributed by atoms with van der Waals surface area (Å²) < 4.78 is 24.1. The number of carbonyl (C=O) groups is 1. The minimum atomic E-state index is -3.08. The van der Waals surface area contributed by atoms with Gasteiger partial charge in [0, 0.05) is 19.5 Å². The summed E-state index contributed by atoms with van der Waals surface area (Å²) >= 11 is 0. The van der Waals surface area contributed by atoms with E-state index in [0.717, 1.165) is 12.8 Å². The molecule has 1 aliphatic carbocycles. The van der Waals surface area contributed by atoms with Gasteiger partial charge in [0.15, 0.2) is 9.84 Å². The first-order chi connectivity index (χ1) is 10.4. The molecule has 1 heterocycles. The molecule has 128 valence electrons. The summed E-state index contributed by atoms with van der Waals surface area (Å²) in [6.07, 6.45) is 9.18. The highest BCUT2D eigenvalue weighted by Gasteiger charge is 2.46. The van der Waals surface area contributed by atoms with Gasteiger partial charge in [-0.15, -0.1) is 0 Å². The number of hydrogen-bond donors (Lipinski definition) is 0. The molecule has 0 aromatic heterocycles. The van der Waals surface area contributed by atoms with Crippen LogP contribution >= 0.6 is 0 Å². The van der Waals surface area contributed by atoms with Gasteiger partial charge in [0.25, 0.3) is 0 Å². The van der Waals surface area contributed by atoms with E-state index in [1.165, 1.54) is 25.7 Å². The lowest BCUT2D eigenvalue weighted by molar-refractivity contribution is -0.132. The molecule has 2 rings (SSSR count). The number of amides is 1. The van der Waals surface area contributed by atoms with Crippen LogP contribution in [0.4, 0.5) is 0 Å². The first kappa shape index (κ1) is 17.8. The lowest BCUT2D eigenvalue weighted by Gasteiger charge is -2.41. The molecule has 0 spiro atoms. The Labute approximate surface area is 135 Å². The number of hydrogen-bond acceptors (Lipinski definition) is 3. The largest absolute Gasteiger partial charge is 0.340 e. The van der Waals surface area contributed by atoms with Crippen molar-refractivity contribution in [1.29, 1.82) is 0 Å². The normalized spacial score (nSPS) is 25.6. The summed E-state index contributed by atoms with van der Waals surface area (Å²) in [7, 11) is -3.08. The summed E-state index contributed by atoms with van der Waals surface area (Å²) in [6.45, 7) is 4.64. The van der Waals surface area contributed by atoms with Crippen LogP contribution in [0.2, 0.25) is 0 Å². The summed E-state index contributed by atoms with van der Waals surface area (Å²) in [5.74, 6) is 0.810. The van der Waals surface area contributed by atoms with Crippen molar-refractivity contribution in [2.24, 2.45) is 5.92 Å². The van der Waals surface area contributed by atoms with E-state index in [1.807, 2.05) is 18.7 Å². The predicted molar refractivity (Wildman–Crippen MR) is 89.5 cm³/mol. The fraction of sp³-hybridized carbons (Fsp3) is 0.941. The Balaban J connectivity index is 2.01. The highest BCUT2D eigenvalue weighted by molar-refractivity contribution is 7.92. The van der Waals surface area contributed by atoms with Crippen LogP contribution in [0.5, 0.6) is 0 Å². The van der Waals surface area contributed by atoms with E-state index in [9.17, 15) is 13.2 Å². The molecule has 0 atom stereocenters. The second kappa shape index (κ2) is 7.33. The standard InChI is InChI=1S/C17H31NO3S/c1-3-17(4-2)14-18(11-12-22(17,20)21)16(19)13-15-9-7-5-6-8-10-15/h15H,3-14H2,1-2H3. The molecule has 1 aliphatic heterocycles. The Morgan fingerprint density at radius 2 is 1.68 bits per heavy atom. The molecule has 0 aromatic carbocycles. The van der Waals surface area contributed by atoms with Crippen LogP contribution in [0.25, 0.3) is 0 Å². The third-order valence-corrected chi connectivity index (χ3v) is 8.59. The molecule has 0 N–H and O–H groups in total. The Morgan fingerprint density at radius 1 is 1.09 bits per heavy atom. The third-order valence-electron chi connectivity index (χ3n) is 5.85. The number of rotatable bonds is 4. The van der Waals surface area contributed by atoms with Gasteiger partial charge in [-0.05, 0) is 31.6 Å². The molecule has 1 saturated heterocycles. The van der Waals surface area contributed by atoms with Crippen molar-refractivity contribution in [3.63, 3.8) is 0 Å². The summed E-state index contributed by atoms with van der Waals surface area (Å²) in [5, 5.41) is 0. The topological polar surface area (TPSA) is 54.5 Å². The van der Waals surface area contributed by atoms with Crippen LogP contribution in [-0.4, -0.2) is 42.8 Å². The molecule has 0 unspecified atom stereocenters. The van der Waals surface area contributed by atoms with Crippen LogP contribution in [0.3, 0.4) is 0 Å². The van der Waals surface area contributed by atoms with Crippen LogP contribution in [-0.2, 0) is 14.6 Å². The van der Waals surface area contributed by atoms with Gasteiger partial charge < -0.3 is 4.90 Å². The highest BCUT2D eigenvalue weighted by atomic mass is 32.2. The van der Waals surface area contributed by atoms with Crippen LogP contribution in [0.1, 0.15) is 71.6 Å². The second-order valence-corrected chi connectivity index (χ2v) is 9.59. The second-order valence-electron chi connectivity index (χ2n) is 7.09. The fourth-order valence-corrected chi connectivity index (χ4v) is 6.17. The van der Waals surface area contributed by atoms with Gasteiger partial charge in [-0.2, -0.15) is 0 Å². The van der Waals surface area contributed by atoms with Crippen molar-refractivity contribution in [3.8, 4) is 0 Å². The first-order valence-corrected chi connectivity index (χ1v) is 10.6. The molecule has 0 aromatic rings. The SMILES string of the molecule is CCC1(CC)CN(C(=O)CC2CCCCCC2)CCS1(=O)=O. The molecule has 1 amide bonds. The first-order valence-electron chi connectivity index (χ1n) is 8.94. The van der Waals surface area contributed by atoms with Crippen molar-refractivity contribution in [1.82, 2.24) is 4.90 Å². The van der Waals surface area contributed by atoms with E-state index in [4.69, 9.17) is 0 Å². The maximum absolute atomic E-state index is 12.6. The third kappa shape index (κ3) is 3.66. The van der Waals surface area contributed by atoms with Gasteiger partial charge in [-0.1, -0.05) is 39.5 Å². The average Bonchev–Trinajstić information content (AvgIpc) is 2.76. The Hall–Kier alpha value is -0.580. The van der Waals surface area contributed by atoms with E-state index in [1.54, 1.807) is 0 Å². The molecule has 4 nitrogen and oxygen atoms in total. The minimum absolute atomic E-state index is 0.130. The quantitative estimate of drug-likeness (QED) is 0.745. The molecule has 0 radical (unpaired) electrons. The zero-order valence-corrected chi connectivity index (χ0v) is 15.0. The highest BCUT2D eigenvalue weighted by Crippen LogP contribution is 2.33. The molecule has 2 fully saturated rings. The van der Waals surface area contributed by atoms with Gasteiger partial charge in [-0.25, -0.2) is 8.42 Å². The van der Waals surface area contributed by atoms with Gasteiger partial charge >= 0.3 is 0 Å². The number of carbonyl (C=O) groups excluding carboxylic acids is 1. The smallest absolute Gasteiger partial charge is 0.222 e. The lowest BCUT2D eigenvalue weighted by Crippen LogP contribution is -2.57. The molecule has 22 heavy (non-hydrogen) atoms. The van der Waals surface area contributed by atoms with Crippen molar-refractivity contribution in [3.05, 3.63) is 0 Å². The van der Waals surface area contributed by atoms with E-state index in [0.29, 0.717) is 38.3 Å². The van der Waals surface area contributed by atoms with Gasteiger partial charge in [0.2, 0.25) is 5.91 Å². The maximum Gasteiger partial charge on any atom is 0.222 e. The molecule has 1 saturated carbocycles. The zero-order valence-electron chi connectivity index (χ0n) is 14.1. The Bertz CT molecular complexity index is 474. The van der Waals surface area contributed by atoms with Crippen molar-refractivity contribution in [2.45, 2.75) is 76.4 Å². The van der Waals surface area contributed by atoms with Gasteiger partial charge in [0.05, 0.1) is 10.5 Å².